The summed E-state index contributed by atoms with van der Waals surface area (Å²) in [7, 11) is -7.69. The maximum Gasteiger partial charge on any atom is 0.534 e. The van der Waals surface area contributed by atoms with Crippen LogP contribution in [0.1, 0.15) is 60.3 Å². The van der Waals surface area contributed by atoms with Crippen molar-refractivity contribution in [3.8, 4) is 0 Å². The first-order valence-corrected chi connectivity index (χ1v) is 14.2. The summed E-state index contributed by atoms with van der Waals surface area (Å²) in [6.07, 6.45) is 2.82. The third kappa shape index (κ3) is 5.56. The van der Waals surface area contributed by atoms with Crippen molar-refractivity contribution in [2.24, 2.45) is 5.92 Å². The van der Waals surface area contributed by atoms with Gasteiger partial charge in [0.05, 0.1) is 17.8 Å². The SMILES string of the molecule is CC1(C)O[C@@H]2CC=C(OS(=O)(=O)C(F)(F)F)CC2CC[C@H]1O[Si](C)(C)C(C)(C)C. The highest BCUT2D eigenvalue weighted by atomic mass is 32.2. The van der Waals surface area contributed by atoms with E-state index in [0.717, 1.165) is 0 Å². The van der Waals surface area contributed by atoms with Crippen LogP contribution in [-0.4, -0.2) is 40.1 Å². The minimum Gasteiger partial charge on any atom is -0.411 e. The van der Waals surface area contributed by atoms with Gasteiger partial charge in [0.15, 0.2) is 8.32 Å². The van der Waals surface area contributed by atoms with Crippen molar-refractivity contribution in [3.05, 3.63) is 11.8 Å². The normalized spacial score (nSPS) is 28.9. The highest BCUT2D eigenvalue weighted by Crippen LogP contribution is 2.44. The van der Waals surface area contributed by atoms with E-state index in [1.54, 1.807) is 0 Å². The van der Waals surface area contributed by atoms with Gasteiger partial charge in [-0.05, 0) is 63.2 Å². The number of hydrogen-bond acceptors (Lipinski definition) is 5. The second kappa shape index (κ2) is 7.83. The Kier molecular flexibility index (Phi) is 6.67. The number of rotatable bonds is 4. The molecule has 0 aromatic heterocycles. The van der Waals surface area contributed by atoms with Crippen molar-refractivity contribution < 1.29 is 34.9 Å². The third-order valence-electron chi connectivity index (χ3n) is 6.34. The Bertz CT molecular complexity index is 738. The number of hydrogen-bond donors (Lipinski definition) is 0. The van der Waals surface area contributed by atoms with E-state index in [4.69, 9.17) is 9.16 Å². The lowest BCUT2D eigenvalue weighted by Gasteiger charge is -2.44. The lowest BCUT2D eigenvalue weighted by Crippen LogP contribution is -2.51. The molecule has 0 saturated carbocycles. The van der Waals surface area contributed by atoms with Gasteiger partial charge in [-0.3, -0.25) is 0 Å². The summed E-state index contributed by atoms with van der Waals surface area (Å²) in [5.41, 5.74) is -5.99. The summed E-state index contributed by atoms with van der Waals surface area (Å²) in [5, 5.41) is 0.0384. The van der Waals surface area contributed by atoms with Crippen LogP contribution in [0.15, 0.2) is 11.8 Å². The van der Waals surface area contributed by atoms with Gasteiger partial charge in [0, 0.05) is 6.42 Å². The van der Waals surface area contributed by atoms with Crippen molar-refractivity contribution in [2.45, 2.75) is 102 Å². The van der Waals surface area contributed by atoms with Gasteiger partial charge in [-0.2, -0.15) is 21.6 Å². The van der Waals surface area contributed by atoms with Gasteiger partial charge in [-0.15, -0.1) is 0 Å². The van der Waals surface area contributed by atoms with E-state index in [-0.39, 0.29) is 35.3 Å². The van der Waals surface area contributed by atoms with Crippen molar-refractivity contribution >= 4 is 18.4 Å². The van der Waals surface area contributed by atoms with E-state index in [1.165, 1.54) is 6.08 Å². The van der Waals surface area contributed by atoms with Crippen LogP contribution in [-0.2, 0) is 23.5 Å². The Labute approximate surface area is 173 Å². The molecule has 1 aliphatic carbocycles. The average molecular weight is 459 g/mol. The van der Waals surface area contributed by atoms with Crippen LogP contribution in [0.2, 0.25) is 18.1 Å². The number of halogens is 3. The molecular weight excluding hydrogens is 425 g/mol. The predicted octanol–water partition coefficient (Wildman–Crippen LogP) is 5.49. The molecule has 0 spiro atoms. The molecule has 0 aromatic carbocycles. The molecule has 1 fully saturated rings. The van der Waals surface area contributed by atoms with E-state index in [0.29, 0.717) is 19.3 Å². The largest absolute Gasteiger partial charge is 0.534 e. The maximum absolute atomic E-state index is 12.6. The Hall–Kier alpha value is -0.583. The molecule has 0 amide bonds. The molecule has 2 aliphatic rings. The van der Waals surface area contributed by atoms with Crippen LogP contribution >= 0.6 is 0 Å². The Morgan fingerprint density at radius 3 is 2.28 bits per heavy atom. The quantitative estimate of drug-likeness (QED) is 0.316. The zero-order chi connectivity index (χ0) is 22.5. The minimum atomic E-state index is -5.65. The molecule has 1 saturated heterocycles. The maximum atomic E-state index is 12.6. The number of ether oxygens (including phenoxy) is 1. The zero-order valence-corrected chi connectivity index (χ0v) is 20.0. The molecule has 0 bridgehead atoms. The zero-order valence-electron chi connectivity index (χ0n) is 18.2. The monoisotopic (exact) mass is 458 g/mol. The number of alkyl halides is 3. The van der Waals surface area contributed by atoms with Crippen molar-refractivity contribution in [3.63, 3.8) is 0 Å². The van der Waals surface area contributed by atoms with E-state index in [1.807, 2.05) is 13.8 Å². The van der Waals surface area contributed by atoms with E-state index in [9.17, 15) is 21.6 Å². The minimum absolute atomic E-state index is 0.0384. The predicted molar refractivity (Wildman–Crippen MR) is 107 cm³/mol. The van der Waals surface area contributed by atoms with Gasteiger partial charge < -0.3 is 13.3 Å². The van der Waals surface area contributed by atoms with Gasteiger partial charge in [-0.25, -0.2) is 0 Å². The van der Waals surface area contributed by atoms with E-state index < -0.39 is 29.5 Å². The van der Waals surface area contributed by atoms with Crippen LogP contribution in [0.4, 0.5) is 13.2 Å². The molecule has 5 nitrogen and oxygen atoms in total. The fraction of sp³-hybridized carbons (Fsp3) is 0.895. The van der Waals surface area contributed by atoms with E-state index >= 15 is 0 Å². The van der Waals surface area contributed by atoms with Gasteiger partial charge in [0.2, 0.25) is 0 Å². The van der Waals surface area contributed by atoms with Crippen LogP contribution in [0, 0.1) is 5.92 Å². The second-order valence-electron chi connectivity index (χ2n) is 10.1. The molecule has 3 atom stereocenters. The second-order valence-corrected chi connectivity index (χ2v) is 16.4. The average Bonchev–Trinajstić information content (AvgIpc) is 2.61. The lowest BCUT2D eigenvalue weighted by molar-refractivity contribution is -0.130. The first-order chi connectivity index (χ1) is 12.9. The van der Waals surface area contributed by atoms with Gasteiger partial charge in [0.25, 0.3) is 0 Å². The highest BCUT2D eigenvalue weighted by Gasteiger charge is 2.50. The molecule has 0 N–H and O–H groups in total. The van der Waals surface area contributed by atoms with Crippen LogP contribution < -0.4 is 0 Å². The van der Waals surface area contributed by atoms with Crippen LogP contribution in [0.25, 0.3) is 0 Å². The van der Waals surface area contributed by atoms with Gasteiger partial charge >= 0.3 is 15.6 Å². The topological polar surface area (TPSA) is 61.8 Å². The Morgan fingerprint density at radius 1 is 1.17 bits per heavy atom. The first kappa shape index (κ1) is 24.7. The summed E-state index contributed by atoms with van der Waals surface area (Å²) in [4.78, 5) is 0. The molecule has 0 aromatic rings. The molecule has 1 aliphatic heterocycles. The third-order valence-corrected chi connectivity index (χ3v) is 11.8. The molecule has 170 valence electrons. The molecule has 1 heterocycles. The van der Waals surface area contributed by atoms with Crippen molar-refractivity contribution in [1.29, 1.82) is 0 Å². The van der Waals surface area contributed by atoms with E-state index in [2.05, 4.69) is 38.0 Å². The molecular formula is C19H33F3O5SSi. The summed E-state index contributed by atoms with van der Waals surface area (Å²) < 4.78 is 77.8. The van der Waals surface area contributed by atoms with Gasteiger partial charge in [-0.1, -0.05) is 20.8 Å². The summed E-state index contributed by atoms with van der Waals surface area (Å²) in [5.74, 6) is -0.278. The smallest absolute Gasteiger partial charge is 0.411 e. The first-order valence-electron chi connectivity index (χ1n) is 9.91. The highest BCUT2D eigenvalue weighted by molar-refractivity contribution is 7.87. The Morgan fingerprint density at radius 2 is 1.76 bits per heavy atom. The molecule has 10 heteroatoms. The molecule has 0 radical (unpaired) electrons. The molecule has 29 heavy (non-hydrogen) atoms. The fourth-order valence-electron chi connectivity index (χ4n) is 3.51. The summed E-state index contributed by atoms with van der Waals surface area (Å²) in [6.45, 7) is 14.8. The lowest BCUT2D eigenvalue weighted by atomic mass is 9.86. The molecule has 2 rings (SSSR count). The van der Waals surface area contributed by atoms with Crippen molar-refractivity contribution in [2.75, 3.05) is 0 Å². The standard InChI is InChI=1S/C19H33F3O5SSi/c1-17(2,3)29(6,7)27-16-11-8-13-12-14(26-28(23,24)19(20,21)22)9-10-15(13)25-18(16,4)5/h9,13,15-16H,8,10-12H2,1-7H3/t13?,15-,16-/m1/s1. The number of fused-ring (bicyclic) bond motifs is 1. The van der Waals surface area contributed by atoms with Crippen molar-refractivity contribution in [1.82, 2.24) is 0 Å². The fourth-order valence-corrected chi connectivity index (χ4v) is 5.49. The molecule has 1 unspecified atom stereocenters. The number of allylic oxidation sites excluding steroid dienone is 1. The summed E-state index contributed by atoms with van der Waals surface area (Å²) >= 11 is 0. The van der Waals surface area contributed by atoms with Crippen LogP contribution in [0.5, 0.6) is 0 Å². The summed E-state index contributed by atoms with van der Waals surface area (Å²) in [6, 6.07) is 0. The van der Waals surface area contributed by atoms with Gasteiger partial charge in [0.1, 0.15) is 5.76 Å². The van der Waals surface area contributed by atoms with Crippen LogP contribution in [0.3, 0.4) is 0 Å². The Balaban J connectivity index is 2.14.